The van der Waals surface area contributed by atoms with Crippen molar-refractivity contribution in [2.45, 2.75) is 6.92 Å². The summed E-state index contributed by atoms with van der Waals surface area (Å²) in [7, 11) is 3.96. The molecular formula is C22H19N5O. The molecule has 0 atom stereocenters. The lowest BCUT2D eigenvalue weighted by atomic mass is 10.1. The lowest BCUT2D eigenvalue weighted by molar-refractivity contribution is -0.111. The van der Waals surface area contributed by atoms with E-state index < -0.39 is 0 Å². The lowest BCUT2D eigenvalue weighted by Gasteiger charge is -2.15. The molecule has 0 aliphatic carbocycles. The summed E-state index contributed by atoms with van der Waals surface area (Å²) in [4.78, 5) is 18.1. The maximum Gasteiger partial charge on any atom is 0.300 e. The molecule has 0 aliphatic heterocycles. The molecule has 28 heavy (non-hydrogen) atoms. The molecule has 0 aliphatic rings. The number of nitrogens with zero attached hydrogens (tertiary/aromatic N) is 3. The van der Waals surface area contributed by atoms with Crippen molar-refractivity contribution in [3.05, 3.63) is 54.2 Å². The van der Waals surface area contributed by atoms with E-state index in [1.165, 1.54) is 0 Å². The fraction of sp³-hybridized carbons (Fsp3) is 0.136. The predicted molar refractivity (Wildman–Crippen MR) is 113 cm³/mol. The highest BCUT2D eigenvalue weighted by molar-refractivity contribution is 6.06. The Morgan fingerprint density at radius 3 is 2.46 bits per heavy atom. The van der Waals surface area contributed by atoms with Gasteiger partial charge in [-0.3, -0.25) is 9.78 Å². The Hall–Kier alpha value is -4.03. The van der Waals surface area contributed by atoms with Gasteiger partial charge in [0.2, 0.25) is 0 Å². The van der Waals surface area contributed by atoms with E-state index in [2.05, 4.69) is 33.5 Å². The summed E-state index contributed by atoms with van der Waals surface area (Å²) < 4.78 is 0. The number of rotatable bonds is 4. The van der Waals surface area contributed by atoms with Gasteiger partial charge in [0, 0.05) is 42.7 Å². The number of nitriles is 1. The maximum absolute atomic E-state index is 11.8. The molecule has 0 radical (unpaired) electrons. The van der Waals surface area contributed by atoms with Crippen molar-refractivity contribution in [3.8, 4) is 17.9 Å². The summed E-state index contributed by atoms with van der Waals surface area (Å²) in [5.41, 5.74) is 4.28. The predicted octanol–water partition coefficient (Wildman–Crippen LogP) is 3.88. The molecule has 0 bridgehead atoms. The molecule has 1 amide bonds. The molecule has 0 spiro atoms. The van der Waals surface area contributed by atoms with E-state index >= 15 is 0 Å². The van der Waals surface area contributed by atoms with Gasteiger partial charge in [0.25, 0.3) is 5.91 Å². The molecule has 0 saturated carbocycles. The largest absolute Gasteiger partial charge is 0.378 e. The number of nitrogens with one attached hydrogen (secondary N) is 2. The Morgan fingerprint density at radius 2 is 1.82 bits per heavy atom. The van der Waals surface area contributed by atoms with Gasteiger partial charge in [0.05, 0.1) is 16.8 Å². The van der Waals surface area contributed by atoms with Crippen molar-refractivity contribution in [2.75, 3.05) is 29.6 Å². The van der Waals surface area contributed by atoms with Crippen LogP contribution in [-0.2, 0) is 4.79 Å². The number of amides is 1. The molecule has 3 aromatic rings. The summed E-state index contributed by atoms with van der Waals surface area (Å²) in [6, 6.07) is 15.4. The van der Waals surface area contributed by atoms with Crippen LogP contribution >= 0.6 is 0 Å². The number of carbonyl (C=O) groups is 1. The van der Waals surface area contributed by atoms with Crippen molar-refractivity contribution in [3.63, 3.8) is 0 Å². The third kappa shape index (κ3) is 4.03. The molecule has 0 fully saturated rings. The SMILES string of the molecule is CC#CC(=O)Nc1ccc2ncc(C#N)c(Nc3ccc(N(C)C)cc3)c2c1. The summed E-state index contributed by atoms with van der Waals surface area (Å²) in [6.07, 6.45) is 1.54. The molecule has 6 nitrogen and oxygen atoms in total. The average molecular weight is 369 g/mol. The number of hydrogen-bond donors (Lipinski definition) is 2. The first kappa shape index (κ1) is 18.8. The van der Waals surface area contributed by atoms with Crippen LogP contribution in [0.5, 0.6) is 0 Å². The van der Waals surface area contributed by atoms with E-state index in [0.717, 1.165) is 16.8 Å². The van der Waals surface area contributed by atoms with Gasteiger partial charge in [0.15, 0.2) is 0 Å². The standard InChI is InChI=1S/C22H19N5O/c1-4-5-21(28)25-17-8-11-20-19(12-17)22(15(13-23)14-24-20)26-16-6-9-18(10-7-16)27(2)3/h6-12,14H,1-3H3,(H,24,26)(H,25,28). The van der Waals surface area contributed by atoms with Crippen LogP contribution in [0, 0.1) is 23.2 Å². The molecule has 2 N–H and O–H groups in total. The van der Waals surface area contributed by atoms with Crippen LogP contribution in [0.3, 0.4) is 0 Å². The van der Waals surface area contributed by atoms with Gasteiger partial charge in [-0.05, 0) is 55.3 Å². The van der Waals surface area contributed by atoms with E-state index in [1.807, 2.05) is 43.3 Å². The van der Waals surface area contributed by atoms with Gasteiger partial charge in [-0.2, -0.15) is 5.26 Å². The number of hydrogen-bond acceptors (Lipinski definition) is 5. The number of carbonyl (C=O) groups excluding carboxylic acids is 1. The third-order valence-corrected chi connectivity index (χ3v) is 4.14. The summed E-state index contributed by atoms with van der Waals surface area (Å²) >= 11 is 0. The van der Waals surface area contributed by atoms with Gasteiger partial charge < -0.3 is 15.5 Å². The Balaban J connectivity index is 2.04. The molecule has 2 aromatic carbocycles. The number of fused-ring (bicyclic) bond motifs is 1. The molecule has 138 valence electrons. The zero-order chi connectivity index (χ0) is 20.1. The molecule has 6 heteroatoms. The number of benzene rings is 2. The summed E-state index contributed by atoms with van der Waals surface area (Å²) in [5.74, 6) is 4.62. The second kappa shape index (κ2) is 8.11. The summed E-state index contributed by atoms with van der Waals surface area (Å²) in [5, 5.41) is 16.3. The van der Waals surface area contributed by atoms with Crippen molar-refractivity contribution < 1.29 is 4.79 Å². The van der Waals surface area contributed by atoms with Gasteiger partial charge in [-0.15, -0.1) is 0 Å². The Labute approximate surface area is 163 Å². The Morgan fingerprint density at radius 1 is 1.11 bits per heavy atom. The fourth-order valence-corrected chi connectivity index (χ4v) is 2.75. The van der Waals surface area contributed by atoms with E-state index in [9.17, 15) is 10.1 Å². The molecular weight excluding hydrogens is 350 g/mol. The third-order valence-electron chi connectivity index (χ3n) is 4.14. The zero-order valence-electron chi connectivity index (χ0n) is 15.9. The fourth-order valence-electron chi connectivity index (χ4n) is 2.75. The van der Waals surface area contributed by atoms with Crippen molar-refractivity contribution in [2.24, 2.45) is 0 Å². The van der Waals surface area contributed by atoms with Gasteiger partial charge in [-0.1, -0.05) is 5.92 Å². The smallest absolute Gasteiger partial charge is 0.300 e. The molecule has 3 rings (SSSR count). The van der Waals surface area contributed by atoms with E-state index in [4.69, 9.17) is 0 Å². The Kier molecular flexibility index (Phi) is 5.43. The number of anilines is 4. The second-order valence-electron chi connectivity index (χ2n) is 6.29. The van der Waals surface area contributed by atoms with Gasteiger partial charge in [-0.25, -0.2) is 0 Å². The van der Waals surface area contributed by atoms with Crippen LogP contribution in [0.15, 0.2) is 48.7 Å². The van der Waals surface area contributed by atoms with Crippen LogP contribution in [0.4, 0.5) is 22.7 Å². The molecule has 0 saturated heterocycles. The first-order valence-corrected chi connectivity index (χ1v) is 8.63. The van der Waals surface area contributed by atoms with Crippen molar-refractivity contribution in [1.29, 1.82) is 5.26 Å². The van der Waals surface area contributed by atoms with E-state index in [-0.39, 0.29) is 5.91 Å². The first-order chi connectivity index (χ1) is 13.5. The van der Waals surface area contributed by atoms with E-state index in [0.29, 0.717) is 22.5 Å². The minimum Gasteiger partial charge on any atom is -0.378 e. The minimum absolute atomic E-state index is 0.389. The first-order valence-electron chi connectivity index (χ1n) is 8.63. The van der Waals surface area contributed by atoms with Crippen LogP contribution < -0.4 is 15.5 Å². The van der Waals surface area contributed by atoms with Crippen molar-refractivity contribution >= 4 is 39.6 Å². The normalized spacial score (nSPS) is 9.79. The van der Waals surface area contributed by atoms with Gasteiger partial charge in [0.1, 0.15) is 6.07 Å². The van der Waals surface area contributed by atoms with Crippen LogP contribution in [-0.4, -0.2) is 25.0 Å². The molecule has 0 unspecified atom stereocenters. The van der Waals surface area contributed by atoms with Crippen LogP contribution in [0.1, 0.15) is 12.5 Å². The topological polar surface area (TPSA) is 81.0 Å². The highest BCUT2D eigenvalue weighted by Crippen LogP contribution is 2.31. The lowest BCUT2D eigenvalue weighted by Crippen LogP contribution is -2.08. The number of aromatic nitrogens is 1. The highest BCUT2D eigenvalue weighted by atomic mass is 16.1. The minimum atomic E-state index is -0.389. The summed E-state index contributed by atoms with van der Waals surface area (Å²) in [6.45, 7) is 1.60. The average Bonchev–Trinajstić information content (AvgIpc) is 2.69. The van der Waals surface area contributed by atoms with Crippen molar-refractivity contribution in [1.82, 2.24) is 4.98 Å². The van der Waals surface area contributed by atoms with Crippen LogP contribution in [0.25, 0.3) is 10.9 Å². The Bertz CT molecular complexity index is 1130. The molecule has 1 heterocycles. The quantitative estimate of drug-likeness (QED) is 0.682. The van der Waals surface area contributed by atoms with Gasteiger partial charge >= 0.3 is 0 Å². The second-order valence-corrected chi connectivity index (χ2v) is 6.29. The number of pyridine rings is 1. The van der Waals surface area contributed by atoms with Crippen LogP contribution in [0.2, 0.25) is 0 Å². The maximum atomic E-state index is 11.8. The molecule has 1 aromatic heterocycles. The highest BCUT2D eigenvalue weighted by Gasteiger charge is 2.11. The van der Waals surface area contributed by atoms with E-state index in [1.54, 1.807) is 31.3 Å². The zero-order valence-corrected chi connectivity index (χ0v) is 15.9. The monoisotopic (exact) mass is 369 g/mol.